The molecule has 0 heterocycles. The number of ether oxygens (including phenoxy) is 1. The highest BCUT2D eigenvalue weighted by Crippen LogP contribution is 2.37. The van der Waals surface area contributed by atoms with Gasteiger partial charge in [0.2, 0.25) is 0 Å². The van der Waals surface area contributed by atoms with Crippen molar-refractivity contribution in [1.29, 1.82) is 0 Å². The second kappa shape index (κ2) is 8.11. The number of Topliss-reactive ketones (excluding diaryl/α,β-unsaturated/α-hetero) is 1. The van der Waals surface area contributed by atoms with Crippen LogP contribution in [0.25, 0.3) is 0 Å². The van der Waals surface area contributed by atoms with Gasteiger partial charge in [0, 0.05) is 18.9 Å². The summed E-state index contributed by atoms with van der Waals surface area (Å²) in [7, 11) is 0. The lowest BCUT2D eigenvalue weighted by atomic mass is 9.76. The number of alkyl carbamates (subject to hydrolysis) is 1. The maximum Gasteiger partial charge on any atom is 0.407 e. The average molecular weight is 329 g/mol. The molecule has 1 aliphatic rings. The Balaban J connectivity index is 2.65. The average Bonchev–Trinajstić information content (AvgIpc) is 2.41. The van der Waals surface area contributed by atoms with Crippen molar-refractivity contribution < 1.29 is 18.7 Å². The van der Waals surface area contributed by atoms with E-state index < -0.39 is 17.4 Å². The molecule has 134 valence electrons. The maximum absolute atomic E-state index is 14.0. The molecule has 1 unspecified atom stereocenters. The summed E-state index contributed by atoms with van der Waals surface area (Å²) < 4.78 is 19.3. The lowest BCUT2D eigenvalue weighted by molar-refractivity contribution is -0.119. The molecule has 1 rings (SSSR count). The number of amides is 1. The molecule has 0 bridgehead atoms. The number of hydrogen-bond donors (Lipinski definition) is 1. The molecule has 1 aliphatic carbocycles. The molecule has 0 saturated heterocycles. The molecule has 0 aliphatic heterocycles. The monoisotopic (exact) mass is 329 g/mol. The molecule has 0 spiro atoms. The van der Waals surface area contributed by atoms with Crippen molar-refractivity contribution in [2.75, 3.05) is 0 Å². The maximum atomic E-state index is 14.0. The Morgan fingerprint density at radius 2 is 1.87 bits per heavy atom. The van der Waals surface area contributed by atoms with E-state index in [1.54, 1.807) is 6.92 Å². The standard InChI is InChI=1S/C18H32FNO3/c1-6-14(21)7-8-15(20-16(22)23-17(2,3)4)13-9-11-18(5,19)12-10-13/h13,15H,6-12H2,1-5H3,(H,20,22). The number of nitrogens with one attached hydrogen (secondary N) is 1. The first-order valence-corrected chi connectivity index (χ1v) is 8.72. The van der Waals surface area contributed by atoms with Crippen molar-refractivity contribution in [3.63, 3.8) is 0 Å². The number of hydrogen-bond acceptors (Lipinski definition) is 3. The van der Waals surface area contributed by atoms with Gasteiger partial charge in [0.25, 0.3) is 0 Å². The highest BCUT2D eigenvalue weighted by atomic mass is 19.1. The topological polar surface area (TPSA) is 55.4 Å². The molecule has 0 aromatic heterocycles. The van der Waals surface area contributed by atoms with Crippen LogP contribution in [0.2, 0.25) is 0 Å². The first-order valence-electron chi connectivity index (χ1n) is 8.72. The molecule has 1 amide bonds. The molecule has 1 atom stereocenters. The Bertz CT molecular complexity index is 405. The summed E-state index contributed by atoms with van der Waals surface area (Å²) in [6.07, 6.45) is 3.56. The van der Waals surface area contributed by atoms with Gasteiger partial charge < -0.3 is 10.1 Å². The van der Waals surface area contributed by atoms with Crippen molar-refractivity contribution in [3.05, 3.63) is 0 Å². The Kier molecular flexibility index (Phi) is 7.02. The SMILES string of the molecule is CCC(=O)CCC(NC(=O)OC(C)(C)C)C1CCC(C)(F)CC1. The molecular formula is C18H32FNO3. The number of ketones is 1. The zero-order valence-electron chi connectivity index (χ0n) is 15.2. The van der Waals surface area contributed by atoms with Crippen LogP contribution in [0.5, 0.6) is 0 Å². The van der Waals surface area contributed by atoms with Gasteiger partial charge in [-0.25, -0.2) is 9.18 Å². The lowest BCUT2D eigenvalue weighted by Crippen LogP contribution is -2.45. The van der Waals surface area contributed by atoms with E-state index in [0.717, 1.165) is 12.8 Å². The van der Waals surface area contributed by atoms with Crippen LogP contribution < -0.4 is 5.32 Å². The summed E-state index contributed by atoms with van der Waals surface area (Å²) in [6, 6.07) is -0.128. The van der Waals surface area contributed by atoms with Crippen molar-refractivity contribution in [3.8, 4) is 0 Å². The Morgan fingerprint density at radius 1 is 1.30 bits per heavy atom. The van der Waals surface area contributed by atoms with Gasteiger partial charge >= 0.3 is 6.09 Å². The van der Waals surface area contributed by atoms with Crippen molar-refractivity contribution in [2.24, 2.45) is 5.92 Å². The first kappa shape index (κ1) is 19.9. The molecule has 1 fully saturated rings. The number of alkyl halides is 1. The van der Waals surface area contributed by atoms with E-state index >= 15 is 0 Å². The van der Waals surface area contributed by atoms with Crippen LogP contribution in [0.4, 0.5) is 9.18 Å². The van der Waals surface area contributed by atoms with Crippen LogP contribution in [-0.4, -0.2) is 29.2 Å². The normalized spacial score (nSPS) is 26.4. The Morgan fingerprint density at radius 3 is 2.35 bits per heavy atom. The summed E-state index contributed by atoms with van der Waals surface area (Å²) in [5, 5.41) is 2.91. The first-order chi connectivity index (χ1) is 10.5. The van der Waals surface area contributed by atoms with Gasteiger partial charge in [-0.1, -0.05) is 6.92 Å². The fraction of sp³-hybridized carbons (Fsp3) is 0.889. The van der Waals surface area contributed by atoms with E-state index in [1.807, 2.05) is 27.7 Å². The second-order valence-electron chi connectivity index (χ2n) is 7.93. The molecule has 4 nitrogen and oxygen atoms in total. The lowest BCUT2D eigenvalue weighted by Gasteiger charge is -2.36. The highest BCUT2D eigenvalue weighted by molar-refractivity contribution is 5.78. The van der Waals surface area contributed by atoms with Gasteiger partial charge in [0.15, 0.2) is 0 Å². The van der Waals surface area contributed by atoms with Crippen molar-refractivity contribution >= 4 is 11.9 Å². The minimum Gasteiger partial charge on any atom is -0.444 e. The smallest absolute Gasteiger partial charge is 0.407 e. The van der Waals surface area contributed by atoms with Crippen LogP contribution in [0, 0.1) is 5.92 Å². The van der Waals surface area contributed by atoms with Gasteiger partial charge in [-0.3, -0.25) is 4.79 Å². The van der Waals surface area contributed by atoms with E-state index in [4.69, 9.17) is 4.74 Å². The summed E-state index contributed by atoms with van der Waals surface area (Å²) >= 11 is 0. The molecular weight excluding hydrogens is 297 g/mol. The predicted octanol–water partition coefficient (Wildman–Crippen LogP) is 4.56. The Hall–Kier alpha value is -1.13. The third-order valence-corrected chi connectivity index (χ3v) is 4.47. The van der Waals surface area contributed by atoms with E-state index in [1.165, 1.54) is 0 Å². The van der Waals surface area contributed by atoms with E-state index in [-0.39, 0.29) is 17.7 Å². The summed E-state index contributed by atoms with van der Waals surface area (Å²) in [6.45, 7) is 8.93. The minimum absolute atomic E-state index is 0.128. The van der Waals surface area contributed by atoms with Gasteiger partial charge in [-0.15, -0.1) is 0 Å². The fourth-order valence-electron chi connectivity index (χ4n) is 3.02. The van der Waals surface area contributed by atoms with Crippen LogP contribution in [0.1, 0.15) is 79.6 Å². The molecule has 1 N–H and O–H groups in total. The number of carbonyl (C=O) groups is 2. The fourth-order valence-corrected chi connectivity index (χ4v) is 3.02. The van der Waals surface area contributed by atoms with E-state index in [0.29, 0.717) is 32.1 Å². The zero-order valence-corrected chi connectivity index (χ0v) is 15.2. The third kappa shape index (κ3) is 7.80. The van der Waals surface area contributed by atoms with Crippen molar-refractivity contribution in [2.45, 2.75) is 96.9 Å². The molecule has 1 saturated carbocycles. The zero-order chi connectivity index (χ0) is 17.7. The van der Waals surface area contributed by atoms with Gasteiger partial charge in [-0.05, 0) is 65.7 Å². The molecule has 5 heteroatoms. The highest BCUT2D eigenvalue weighted by Gasteiger charge is 2.35. The van der Waals surface area contributed by atoms with Gasteiger partial charge in [0.05, 0.1) is 0 Å². The van der Waals surface area contributed by atoms with Crippen molar-refractivity contribution in [1.82, 2.24) is 5.32 Å². The number of carbonyl (C=O) groups excluding carboxylic acids is 2. The summed E-state index contributed by atoms with van der Waals surface area (Å²) in [5.74, 6) is 0.392. The van der Waals surface area contributed by atoms with Crippen LogP contribution in [0.15, 0.2) is 0 Å². The molecule has 0 aromatic rings. The Labute approximate surface area is 139 Å². The molecule has 0 radical (unpaired) electrons. The number of halogens is 1. The van der Waals surface area contributed by atoms with Crippen LogP contribution in [-0.2, 0) is 9.53 Å². The minimum atomic E-state index is -1.10. The van der Waals surface area contributed by atoms with Crippen LogP contribution in [0.3, 0.4) is 0 Å². The third-order valence-electron chi connectivity index (χ3n) is 4.47. The largest absolute Gasteiger partial charge is 0.444 e. The van der Waals surface area contributed by atoms with E-state index in [2.05, 4.69) is 5.32 Å². The number of rotatable bonds is 6. The molecule has 0 aromatic carbocycles. The second-order valence-corrected chi connectivity index (χ2v) is 7.93. The predicted molar refractivity (Wildman–Crippen MR) is 89.2 cm³/mol. The van der Waals surface area contributed by atoms with Crippen LogP contribution >= 0.6 is 0 Å². The van der Waals surface area contributed by atoms with Gasteiger partial charge in [0.1, 0.15) is 17.1 Å². The molecule has 23 heavy (non-hydrogen) atoms. The summed E-state index contributed by atoms with van der Waals surface area (Å²) in [4.78, 5) is 23.7. The van der Waals surface area contributed by atoms with E-state index in [9.17, 15) is 14.0 Å². The summed E-state index contributed by atoms with van der Waals surface area (Å²) in [5.41, 5.74) is -1.66. The quantitative estimate of drug-likeness (QED) is 0.777. The van der Waals surface area contributed by atoms with Gasteiger partial charge in [-0.2, -0.15) is 0 Å².